The van der Waals surface area contributed by atoms with Crippen molar-refractivity contribution in [3.05, 3.63) is 59.8 Å². The van der Waals surface area contributed by atoms with E-state index in [0.29, 0.717) is 12.0 Å². The summed E-state index contributed by atoms with van der Waals surface area (Å²) in [6.45, 7) is 4.02. The maximum Gasteiger partial charge on any atom is 0.326 e. The molecule has 1 aromatic heterocycles. The minimum Gasteiger partial charge on any atom is -0.480 e. The van der Waals surface area contributed by atoms with E-state index in [1.54, 1.807) is 39.9 Å². The number of carboxylic acids is 1. The molecular formula is C20H24N2O3S2. The second-order valence-electron chi connectivity index (χ2n) is 6.08. The SMILES string of the molecule is CCCCC(NC(=O)c1ccccc1C(C)SSc1ccccn1)C(=O)O. The quantitative estimate of drug-likeness (QED) is 0.545. The molecule has 0 saturated carbocycles. The van der Waals surface area contributed by atoms with E-state index in [-0.39, 0.29) is 11.2 Å². The number of amides is 1. The lowest BCUT2D eigenvalue weighted by atomic mass is 10.0. The molecule has 0 aliphatic rings. The molecule has 0 saturated heterocycles. The summed E-state index contributed by atoms with van der Waals surface area (Å²) in [6.07, 6.45) is 3.82. The average Bonchev–Trinajstić information content (AvgIpc) is 2.69. The second kappa shape index (κ2) is 11.0. The Hall–Kier alpha value is -1.99. The number of pyridine rings is 1. The van der Waals surface area contributed by atoms with Crippen molar-refractivity contribution in [2.24, 2.45) is 0 Å². The van der Waals surface area contributed by atoms with Crippen molar-refractivity contribution >= 4 is 33.5 Å². The number of nitrogens with zero attached hydrogens (tertiary/aromatic N) is 1. The molecule has 0 aliphatic heterocycles. The summed E-state index contributed by atoms with van der Waals surface area (Å²) < 4.78 is 0. The number of aromatic nitrogens is 1. The van der Waals surface area contributed by atoms with E-state index >= 15 is 0 Å². The van der Waals surface area contributed by atoms with E-state index in [2.05, 4.69) is 10.3 Å². The van der Waals surface area contributed by atoms with Crippen LogP contribution in [0.4, 0.5) is 0 Å². The van der Waals surface area contributed by atoms with Crippen LogP contribution in [0, 0.1) is 0 Å². The van der Waals surface area contributed by atoms with Gasteiger partial charge in [-0.25, -0.2) is 9.78 Å². The Labute approximate surface area is 167 Å². The van der Waals surface area contributed by atoms with Crippen molar-refractivity contribution in [3.8, 4) is 0 Å². The summed E-state index contributed by atoms with van der Waals surface area (Å²) in [5.74, 6) is -1.34. The molecule has 5 nitrogen and oxygen atoms in total. The minimum atomic E-state index is -0.998. The molecule has 0 fully saturated rings. The molecule has 2 aromatic rings. The molecule has 0 aliphatic carbocycles. The molecule has 7 heteroatoms. The Morgan fingerprint density at radius 3 is 2.59 bits per heavy atom. The Morgan fingerprint density at radius 2 is 1.93 bits per heavy atom. The van der Waals surface area contributed by atoms with Crippen LogP contribution in [-0.2, 0) is 4.79 Å². The van der Waals surface area contributed by atoms with E-state index < -0.39 is 12.0 Å². The zero-order valence-electron chi connectivity index (χ0n) is 15.4. The van der Waals surface area contributed by atoms with Gasteiger partial charge in [0.05, 0.1) is 0 Å². The van der Waals surface area contributed by atoms with Crippen LogP contribution in [-0.4, -0.2) is 28.0 Å². The number of carbonyl (C=O) groups excluding carboxylic acids is 1. The first kappa shape index (κ1) is 21.3. The number of carbonyl (C=O) groups is 2. The van der Waals surface area contributed by atoms with Crippen molar-refractivity contribution in [1.82, 2.24) is 10.3 Å². The van der Waals surface area contributed by atoms with Gasteiger partial charge in [-0.05, 0) is 47.9 Å². The smallest absolute Gasteiger partial charge is 0.326 e. The van der Waals surface area contributed by atoms with Crippen LogP contribution >= 0.6 is 21.6 Å². The number of benzene rings is 1. The van der Waals surface area contributed by atoms with Gasteiger partial charge in [0.2, 0.25) is 0 Å². The molecule has 2 N–H and O–H groups in total. The lowest BCUT2D eigenvalue weighted by Crippen LogP contribution is -2.41. The highest BCUT2D eigenvalue weighted by atomic mass is 33.1. The van der Waals surface area contributed by atoms with Crippen LogP contribution in [0.25, 0.3) is 0 Å². The first-order chi connectivity index (χ1) is 13.0. The monoisotopic (exact) mass is 404 g/mol. The molecule has 1 heterocycles. The van der Waals surface area contributed by atoms with Crippen molar-refractivity contribution in [1.29, 1.82) is 0 Å². The van der Waals surface area contributed by atoms with Gasteiger partial charge in [-0.1, -0.05) is 54.8 Å². The standard InChI is InChI=1S/C20H24N2O3S2/c1-3-4-11-17(20(24)25)22-19(23)16-10-6-5-9-15(16)14(2)26-27-18-12-7-8-13-21-18/h5-10,12-14,17H,3-4,11H2,1-2H3,(H,22,23)(H,24,25). The molecule has 2 atom stereocenters. The highest BCUT2D eigenvalue weighted by Crippen LogP contribution is 2.42. The second-order valence-corrected chi connectivity index (χ2v) is 8.65. The van der Waals surface area contributed by atoms with Gasteiger partial charge in [-0.2, -0.15) is 0 Å². The van der Waals surface area contributed by atoms with Gasteiger partial charge in [0.1, 0.15) is 11.1 Å². The number of aliphatic carboxylic acids is 1. The van der Waals surface area contributed by atoms with Crippen molar-refractivity contribution < 1.29 is 14.7 Å². The average molecular weight is 405 g/mol. The Bertz CT molecular complexity index is 756. The van der Waals surface area contributed by atoms with Crippen LogP contribution in [0.2, 0.25) is 0 Å². The zero-order valence-corrected chi connectivity index (χ0v) is 17.1. The summed E-state index contributed by atoms with van der Waals surface area (Å²) in [5.41, 5.74) is 1.39. The maximum absolute atomic E-state index is 12.7. The maximum atomic E-state index is 12.7. The molecule has 1 aromatic carbocycles. The third-order valence-electron chi connectivity index (χ3n) is 4.01. The van der Waals surface area contributed by atoms with E-state index in [0.717, 1.165) is 23.4 Å². The molecule has 27 heavy (non-hydrogen) atoms. The van der Waals surface area contributed by atoms with Gasteiger partial charge in [-0.15, -0.1) is 0 Å². The van der Waals surface area contributed by atoms with Crippen molar-refractivity contribution in [2.75, 3.05) is 0 Å². The lowest BCUT2D eigenvalue weighted by molar-refractivity contribution is -0.139. The molecule has 0 radical (unpaired) electrons. The van der Waals surface area contributed by atoms with Crippen molar-refractivity contribution in [3.63, 3.8) is 0 Å². The molecular weight excluding hydrogens is 380 g/mol. The van der Waals surface area contributed by atoms with Crippen molar-refractivity contribution in [2.45, 2.75) is 49.4 Å². The highest BCUT2D eigenvalue weighted by molar-refractivity contribution is 8.76. The zero-order chi connectivity index (χ0) is 19.6. The number of unbranched alkanes of at least 4 members (excludes halogenated alkanes) is 1. The van der Waals surface area contributed by atoms with Gasteiger partial charge in [-0.3, -0.25) is 4.79 Å². The van der Waals surface area contributed by atoms with Crippen LogP contribution in [0.5, 0.6) is 0 Å². The first-order valence-corrected chi connectivity index (χ1v) is 11.1. The summed E-state index contributed by atoms with van der Waals surface area (Å²) in [6, 6.07) is 12.2. The van der Waals surface area contributed by atoms with Crippen LogP contribution in [0.15, 0.2) is 53.7 Å². The van der Waals surface area contributed by atoms with Gasteiger partial charge < -0.3 is 10.4 Å². The third kappa shape index (κ3) is 6.59. The summed E-state index contributed by atoms with van der Waals surface area (Å²) in [4.78, 5) is 28.4. The first-order valence-electron chi connectivity index (χ1n) is 8.89. The number of nitrogens with one attached hydrogen (secondary N) is 1. The Balaban J connectivity index is 2.08. The fourth-order valence-electron chi connectivity index (χ4n) is 2.53. The van der Waals surface area contributed by atoms with Crippen LogP contribution in [0.3, 0.4) is 0 Å². The number of hydrogen-bond acceptors (Lipinski definition) is 5. The highest BCUT2D eigenvalue weighted by Gasteiger charge is 2.23. The molecule has 144 valence electrons. The summed E-state index contributed by atoms with van der Waals surface area (Å²) in [7, 11) is 3.16. The third-order valence-corrected chi connectivity index (χ3v) is 6.73. The Kier molecular flexibility index (Phi) is 8.67. The van der Waals surface area contributed by atoms with E-state index in [4.69, 9.17) is 0 Å². The van der Waals surface area contributed by atoms with Gasteiger partial charge >= 0.3 is 5.97 Å². The molecule has 0 spiro atoms. The summed E-state index contributed by atoms with van der Waals surface area (Å²) >= 11 is 0. The van der Waals surface area contributed by atoms with Gasteiger partial charge in [0.25, 0.3) is 5.91 Å². The van der Waals surface area contributed by atoms with Crippen LogP contribution in [0.1, 0.15) is 54.3 Å². The van der Waals surface area contributed by atoms with Gasteiger partial charge in [0.15, 0.2) is 0 Å². The number of hydrogen-bond donors (Lipinski definition) is 2. The normalized spacial score (nSPS) is 13.0. The molecule has 2 rings (SSSR count). The van der Waals surface area contributed by atoms with Gasteiger partial charge in [0, 0.05) is 17.0 Å². The fourth-order valence-corrected chi connectivity index (χ4v) is 4.66. The summed E-state index contributed by atoms with van der Waals surface area (Å²) in [5, 5.41) is 13.0. The largest absolute Gasteiger partial charge is 0.480 e. The van der Waals surface area contributed by atoms with Crippen LogP contribution < -0.4 is 5.32 Å². The van der Waals surface area contributed by atoms with E-state index in [1.165, 1.54) is 0 Å². The Morgan fingerprint density at radius 1 is 1.19 bits per heavy atom. The predicted octanol–water partition coefficient (Wildman–Crippen LogP) is 4.96. The fraction of sp³-hybridized carbons (Fsp3) is 0.350. The van der Waals surface area contributed by atoms with E-state index in [1.807, 2.05) is 44.2 Å². The number of rotatable bonds is 10. The molecule has 0 bridgehead atoms. The molecule has 1 amide bonds. The minimum absolute atomic E-state index is 0.0397. The van der Waals surface area contributed by atoms with E-state index in [9.17, 15) is 14.7 Å². The number of carboxylic acid groups (broad SMARTS) is 1. The predicted molar refractivity (Wildman–Crippen MR) is 111 cm³/mol. The lowest BCUT2D eigenvalue weighted by Gasteiger charge is -2.18. The molecule has 2 unspecified atom stereocenters. The topological polar surface area (TPSA) is 79.3 Å².